The standard InChI is InChI=1S/C17H19N3O2/c21-16(13-20-17(22)14-7-2-1-3-8-14)19-12-6-10-15-9-4-5-11-18-15/h1-5,7-9,11H,6,10,12-13H2,(H,19,21)(H,20,22). The third-order valence-electron chi connectivity index (χ3n) is 3.10. The van der Waals surface area contributed by atoms with Crippen molar-refractivity contribution in [2.75, 3.05) is 13.1 Å². The van der Waals surface area contributed by atoms with E-state index in [9.17, 15) is 9.59 Å². The lowest BCUT2D eigenvalue weighted by Crippen LogP contribution is -2.37. The summed E-state index contributed by atoms with van der Waals surface area (Å²) in [5.41, 5.74) is 1.56. The largest absolute Gasteiger partial charge is 0.355 e. The van der Waals surface area contributed by atoms with Gasteiger partial charge in [-0.1, -0.05) is 24.3 Å². The summed E-state index contributed by atoms with van der Waals surface area (Å²) in [7, 11) is 0. The Kier molecular flexibility index (Phi) is 6.11. The van der Waals surface area contributed by atoms with E-state index in [-0.39, 0.29) is 18.4 Å². The number of amides is 2. The molecule has 0 unspecified atom stereocenters. The maximum Gasteiger partial charge on any atom is 0.251 e. The van der Waals surface area contributed by atoms with Gasteiger partial charge in [-0.25, -0.2) is 0 Å². The molecule has 0 aliphatic heterocycles. The lowest BCUT2D eigenvalue weighted by molar-refractivity contribution is -0.120. The first kappa shape index (κ1) is 15.7. The Bertz CT molecular complexity index is 600. The van der Waals surface area contributed by atoms with Crippen LogP contribution in [0.4, 0.5) is 0 Å². The first-order valence-electron chi connectivity index (χ1n) is 7.25. The Morgan fingerprint density at radius 1 is 0.955 bits per heavy atom. The lowest BCUT2D eigenvalue weighted by atomic mass is 10.2. The van der Waals surface area contributed by atoms with Crippen molar-refractivity contribution in [2.45, 2.75) is 12.8 Å². The smallest absolute Gasteiger partial charge is 0.251 e. The van der Waals surface area contributed by atoms with Crippen molar-refractivity contribution < 1.29 is 9.59 Å². The molecule has 5 heteroatoms. The second-order valence-corrected chi connectivity index (χ2v) is 4.82. The normalized spacial score (nSPS) is 10.0. The van der Waals surface area contributed by atoms with Crippen LogP contribution in [0.3, 0.4) is 0 Å². The molecule has 1 aromatic heterocycles. The van der Waals surface area contributed by atoms with E-state index in [1.807, 2.05) is 24.3 Å². The van der Waals surface area contributed by atoms with Crippen molar-refractivity contribution >= 4 is 11.8 Å². The number of rotatable bonds is 7. The van der Waals surface area contributed by atoms with Gasteiger partial charge in [-0.15, -0.1) is 0 Å². The minimum atomic E-state index is -0.246. The molecule has 2 rings (SSSR count). The number of nitrogens with one attached hydrogen (secondary N) is 2. The van der Waals surface area contributed by atoms with Gasteiger partial charge in [-0.05, 0) is 37.1 Å². The molecule has 0 aliphatic carbocycles. The first-order valence-corrected chi connectivity index (χ1v) is 7.25. The van der Waals surface area contributed by atoms with Gasteiger partial charge in [-0.3, -0.25) is 14.6 Å². The second kappa shape index (κ2) is 8.56. The third-order valence-corrected chi connectivity index (χ3v) is 3.10. The number of hydrogen-bond acceptors (Lipinski definition) is 3. The van der Waals surface area contributed by atoms with Crippen LogP contribution in [0.5, 0.6) is 0 Å². The molecule has 5 nitrogen and oxygen atoms in total. The van der Waals surface area contributed by atoms with Crippen molar-refractivity contribution in [2.24, 2.45) is 0 Å². The molecule has 0 saturated carbocycles. The summed E-state index contributed by atoms with van der Waals surface area (Å²) in [6.07, 6.45) is 3.39. The Morgan fingerprint density at radius 2 is 1.73 bits per heavy atom. The molecule has 1 aromatic carbocycles. The SMILES string of the molecule is O=C(CNC(=O)c1ccccc1)NCCCc1ccccn1. The van der Waals surface area contributed by atoms with Crippen molar-refractivity contribution in [3.8, 4) is 0 Å². The van der Waals surface area contributed by atoms with Gasteiger partial charge in [0.15, 0.2) is 0 Å². The highest BCUT2D eigenvalue weighted by Gasteiger charge is 2.06. The van der Waals surface area contributed by atoms with Crippen LogP contribution in [-0.4, -0.2) is 29.9 Å². The van der Waals surface area contributed by atoms with E-state index in [4.69, 9.17) is 0 Å². The second-order valence-electron chi connectivity index (χ2n) is 4.82. The number of pyridine rings is 1. The highest BCUT2D eigenvalue weighted by Crippen LogP contribution is 1.98. The van der Waals surface area contributed by atoms with E-state index >= 15 is 0 Å². The predicted molar refractivity (Wildman–Crippen MR) is 84.3 cm³/mol. The number of benzene rings is 1. The van der Waals surface area contributed by atoms with Gasteiger partial charge in [-0.2, -0.15) is 0 Å². The number of carbonyl (C=O) groups excluding carboxylic acids is 2. The first-order chi connectivity index (χ1) is 10.8. The summed E-state index contributed by atoms with van der Waals surface area (Å²) < 4.78 is 0. The monoisotopic (exact) mass is 297 g/mol. The summed E-state index contributed by atoms with van der Waals surface area (Å²) in [4.78, 5) is 27.6. The van der Waals surface area contributed by atoms with Gasteiger partial charge in [0.25, 0.3) is 5.91 Å². The Hall–Kier alpha value is -2.69. The van der Waals surface area contributed by atoms with Crippen LogP contribution in [0.15, 0.2) is 54.7 Å². The van der Waals surface area contributed by atoms with Crippen LogP contribution in [0, 0.1) is 0 Å². The summed E-state index contributed by atoms with van der Waals surface area (Å²) >= 11 is 0. The summed E-state index contributed by atoms with van der Waals surface area (Å²) in [5.74, 6) is -0.436. The lowest BCUT2D eigenvalue weighted by Gasteiger charge is -2.07. The minimum absolute atomic E-state index is 0.0166. The average Bonchev–Trinajstić information content (AvgIpc) is 2.58. The predicted octanol–water partition coefficient (Wildman–Crippen LogP) is 1.56. The number of aryl methyl sites for hydroxylation is 1. The van der Waals surface area contributed by atoms with Crippen LogP contribution in [-0.2, 0) is 11.2 Å². The zero-order valence-electron chi connectivity index (χ0n) is 12.3. The Morgan fingerprint density at radius 3 is 2.45 bits per heavy atom. The summed E-state index contributed by atoms with van der Waals surface area (Å²) in [5, 5.41) is 5.37. The average molecular weight is 297 g/mol. The molecule has 0 bridgehead atoms. The van der Waals surface area contributed by atoms with Gasteiger partial charge in [0.1, 0.15) is 0 Å². The maximum absolute atomic E-state index is 11.8. The molecule has 114 valence electrons. The molecule has 22 heavy (non-hydrogen) atoms. The van der Waals surface area contributed by atoms with Crippen molar-refractivity contribution in [3.63, 3.8) is 0 Å². The van der Waals surface area contributed by atoms with E-state index in [1.165, 1.54) is 0 Å². The maximum atomic E-state index is 11.8. The van der Waals surface area contributed by atoms with E-state index in [1.54, 1.807) is 30.5 Å². The van der Waals surface area contributed by atoms with Gasteiger partial charge in [0.05, 0.1) is 6.54 Å². The molecule has 0 fully saturated rings. The molecule has 0 aliphatic rings. The van der Waals surface area contributed by atoms with Crippen molar-refractivity contribution in [3.05, 3.63) is 66.0 Å². The topological polar surface area (TPSA) is 71.1 Å². The van der Waals surface area contributed by atoms with Gasteiger partial charge in [0.2, 0.25) is 5.91 Å². The molecule has 0 saturated heterocycles. The van der Waals surface area contributed by atoms with Crippen molar-refractivity contribution in [1.29, 1.82) is 0 Å². The van der Waals surface area contributed by atoms with E-state index in [0.717, 1.165) is 18.5 Å². The molecule has 2 aromatic rings. The zero-order chi connectivity index (χ0) is 15.6. The number of aromatic nitrogens is 1. The quantitative estimate of drug-likeness (QED) is 0.762. The van der Waals surface area contributed by atoms with E-state index in [2.05, 4.69) is 15.6 Å². The molecular weight excluding hydrogens is 278 g/mol. The fraction of sp³-hybridized carbons (Fsp3) is 0.235. The highest BCUT2D eigenvalue weighted by molar-refractivity contribution is 5.96. The van der Waals surface area contributed by atoms with Crippen LogP contribution >= 0.6 is 0 Å². The molecule has 0 radical (unpaired) electrons. The van der Waals surface area contributed by atoms with Crippen LogP contribution in [0.25, 0.3) is 0 Å². The minimum Gasteiger partial charge on any atom is -0.355 e. The number of hydrogen-bond donors (Lipinski definition) is 2. The van der Waals surface area contributed by atoms with Crippen LogP contribution in [0.2, 0.25) is 0 Å². The summed E-state index contributed by atoms with van der Waals surface area (Å²) in [6.45, 7) is 0.550. The zero-order valence-corrected chi connectivity index (χ0v) is 12.3. The summed E-state index contributed by atoms with van der Waals surface area (Å²) in [6, 6.07) is 14.6. The van der Waals surface area contributed by atoms with Crippen molar-refractivity contribution in [1.82, 2.24) is 15.6 Å². The fourth-order valence-corrected chi connectivity index (χ4v) is 1.96. The fourth-order valence-electron chi connectivity index (χ4n) is 1.96. The number of carbonyl (C=O) groups is 2. The van der Waals surface area contributed by atoms with Gasteiger partial charge in [0, 0.05) is 24.0 Å². The van der Waals surface area contributed by atoms with E-state index < -0.39 is 0 Å². The molecule has 2 N–H and O–H groups in total. The Balaban J connectivity index is 1.61. The Labute approximate surface area is 129 Å². The highest BCUT2D eigenvalue weighted by atomic mass is 16.2. The van der Waals surface area contributed by atoms with Gasteiger partial charge < -0.3 is 10.6 Å². The molecule has 1 heterocycles. The molecule has 0 spiro atoms. The number of nitrogens with zero attached hydrogens (tertiary/aromatic N) is 1. The molecular formula is C17H19N3O2. The molecule has 0 atom stereocenters. The van der Waals surface area contributed by atoms with Gasteiger partial charge >= 0.3 is 0 Å². The molecule has 2 amide bonds. The van der Waals surface area contributed by atoms with E-state index in [0.29, 0.717) is 12.1 Å². The van der Waals surface area contributed by atoms with Crippen LogP contribution in [0.1, 0.15) is 22.5 Å². The van der Waals surface area contributed by atoms with Crippen LogP contribution < -0.4 is 10.6 Å². The third kappa shape index (κ3) is 5.36.